The van der Waals surface area contributed by atoms with Crippen LogP contribution in [-0.2, 0) is 0 Å². The van der Waals surface area contributed by atoms with E-state index in [2.05, 4.69) is 15.6 Å². The van der Waals surface area contributed by atoms with E-state index in [0.29, 0.717) is 47.5 Å². The van der Waals surface area contributed by atoms with Crippen molar-refractivity contribution in [3.63, 3.8) is 0 Å². The van der Waals surface area contributed by atoms with E-state index in [1.54, 1.807) is 43.6 Å². The maximum atomic E-state index is 12.7. The lowest BCUT2D eigenvalue weighted by Gasteiger charge is -2.19. The number of ether oxygens (including phenoxy) is 3. The van der Waals surface area contributed by atoms with E-state index < -0.39 is 0 Å². The van der Waals surface area contributed by atoms with Crippen molar-refractivity contribution in [2.45, 2.75) is 6.92 Å². The number of pyridine rings is 1. The lowest BCUT2D eigenvalue weighted by molar-refractivity contribution is 0.102. The molecule has 2 heterocycles. The average molecular weight is 391 g/mol. The average Bonchev–Trinajstić information content (AvgIpc) is 2.74. The first-order valence-electron chi connectivity index (χ1n) is 9.21. The van der Waals surface area contributed by atoms with E-state index in [4.69, 9.17) is 14.2 Å². The standard InChI is InChI=1S/C22H21N3O4/c1-14-3-5-18(27-2)17(11-14)25-21-12-15(7-8-23-21)22(26)24-16-4-6-19-20(13-16)29-10-9-28-19/h3-8,11-13H,9-10H2,1-2H3,(H,23,25)(H,24,26). The van der Waals surface area contributed by atoms with Crippen LogP contribution in [0.3, 0.4) is 0 Å². The number of benzene rings is 2. The van der Waals surface area contributed by atoms with Gasteiger partial charge in [0.05, 0.1) is 12.8 Å². The monoisotopic (exact) mass is 391 g/mol. The zero-order chi connectivity index (χ0) is 20.2. The topological polar surface area (TPSA) is 81.7 Å². The zero-order valence-electron chi connectivity index (χ0n) is 16.2. The molecule has 0 saturated carbocycles. The number of methoxy groups -OCH3 is 1. The molecule has 3 aromatic rings. The number of carbonyl (C=O) groups is 1. The van der Waals surface area contributed by atoms with Crippen LogP contribution in [0.15, 0.2) is 54.7 Å². The first-order chi connectivity index (χ1) is 14.1. The highest BCUT2D eigenvalue weighted by atomic mass is 16.6. The van der Waals surface area contributed by atoms with E-state index in [1.165, 1.54) is 0 Å². The second-order valence-electron chi connectivity index (χ2n) is 6.57. The number of rotatable bonds is 5. The molecule has 1 aliphatic heterocycles. The van der Waals surface area contributed by atoms with Gasteiger partial charge in [0.15, 0.2) is 11.5 Å². The Labute approximate surface area is 168 Å². The quantitative estimate of drug-likeness (QED) is 0.680. The third-order valence-corrected chi connectivity index (χ3v) is 4.44. The molecule has 7 nitrogen and oxygen atoms in total. The Morgan fingerprint density at radius 2 is 1.86 bits per heavy atom. The summed E-state index contributed by atoms with van der Waals surface area (Å²) >= 11 is 0. The third kappa shape index (κ3) is 4.24. The molecule has 4 rings (SSSR count). The summed E-state index contributed by atoms with van der Waals surface area (Å²) in [5.41, 5.74) is 2.97. The fraction of sp³-hybridized carbons (Fsp3) is 0.182. The number of nitrogens with one attached hydrogen (secondary N) is 2. The Morgan fingerprint density at radius 1 is 1.03 bits per heavy atom. The number of anilines is 3. The number of aromatic nitrogens is 1. The molecule has 29 heavy (non-hydrogen) atoms. The fourth-order valence-corrected chi connectivity index (χ4v) is 3.02. The van der Waals surface area contributed by atoms with Crippen LogP contribution in [0.1, 0.15) is 15.9 Å². The van der Waals surface area contributed by atoms with Gasteiger partial charge in [-0.3, -0.25) is 4.79 Å². The highest BCUT2D eigenvalue weighted by molar-refractivity contribution is 6.04. The van der Waals surface area contributed by atoms with E-state index in [0.717, 1.165) is 11.3 Å². The van der Waals surface area contributed by atoms with Crippen LogP contribution in [0, 0.1) is 6.92 Å². The second kappa shape index (κ2) is 8.10. The van der Waals surface area contributed by atoms with Crippen LogP contribution in [0.25, 0.3) is 0 Å². The third-order valence-electron chi connectivity index (χ3n) is 4.44. The van der Waals surface area contributed by atoms with Crippen molar-refractivity contribution in [1.82, 2.24) is 4.98 Å². The van der Waals surface area contributed by atoms with Gasteiger partial charge in [0.2, 0.25) is 0 Å². The molecule has 1 aliphatic rings. The summed E-state index contributed by atoms with van der Waals surface area (Å²) in [6.45, 7) is 3.01. The van der Waals surface area contributed by atoms with Gasteiger partial charge in [-0.2, -0.15) is 0 Å². The summed E-state index contributed by atoms with van der Waals surface area (Å²) in [5.74, 6) is 2.30. The summed E-state index contributed by atoms with van der Waals surface area (Å²) in [7, 11) is 1.61. The van der Waals surface area contributed by atoms with Gasteiger partial charge in [-0.1, -0.05) is 6.07 Å². The molecule has 0 fully saturated rings. The molecule has 2 aromatic carbocycles. The predicted molar refractivity (Wildman–Crippen MR) is 111 cm³/mol. The SMILES string of the molecule is COc1ccc(C)cc1Nc1cc(C(=O)Nc2ccc3c(c2)OCCO3)ccn1. The van der Waals surface area contributed by atoms with Gasteiger partial charge in [-0.25, -0.2) is 4.98 Å². The van der Waals surface area contributed by atoms with Gasteiger partial charge < -0.3 is 24.8 Å². The van der Waals surface area contributed by atoms with Crippen LogP contribution < -0.4 is 24.8 Å². The largest absolute Gasteiger partial charge is 0.495 e. The molecule has 0 bridgehead atoms. The Bertz CT molecular complexity index is 1050. The van der Waals surface area contributed by atoms with Crippen LogP contribution in [0.2, 0.25) is 0 Å². The number of nitrogens with zero attached hydrogens (tertiary/aromatic N) is 1. The summed E-state index contributed by atoms with van der Waals surface area (Å²) < 4.78 is 16.4. The van der Waals surface area contributed by atoms with Crippen molar-refractivity contribution < 1.29 is 19.0 Å². The van der Waals surface area contributed by atoms with Crippen molar-refractivity contribution >= 4 is 23.1 Å². The molecular formula is C22H21N3O4. The number of hydrogen-bond acceptors (Lipinski definition) is 6. The van der Waals surface area contributed by atoms with Gasteiger partial charge in [-0.05, 0) is 48.9 Å². The lowest BCUT2D eigenvalue weighted by atomic mass is 10.2. The molecule has 1 amide bonds. The lowest BCUT2D eigenvalue weighted by Crippen LogP contribution is -2.16. The van der Waals surface area contributed by atoms with Gasteiger partial charge in [0.1, 0.15) is 24.8 Å². The first-order valence-corrected chi connectivity index (χ1v) is 9.21. The van der Waals surface area contributed by atoms with E-state index >= 15 is 0 Å². The van der Waals surface area contributed by atoms with E-state index in [9.17, 15) is 4.79 Å². The van der Waals surface area contributed by atoms with Crippen LogP contribution >= 0.6 is 0 Å². The fourth-order valence-electron chi connectivity index (χ4n) is 3.02. The molecular weight excluding hydrogens is 370 g/mol. The highest BCUT2D eigenvalue weighted by Crippen LogP contribution is 2.33. The summed E-state index contributed by atoms with van der Waals surface area (Å²) in [4.78, 5) is 17.0. The number of aryl methyl sites for hydroxylation is 1. The number of fused-ring (bicyclic) bond motifs is 1. The predicted octanol–water partition coefficient (Wildman–Crippen LogP) is 4.17. The molecule has 148 valence electrons. The van der Waals surface area contributed by atoms with Gasteiger partial charge in [0, 0.05) is 23.5 Å². The van der Waals surface area contributed by atoms with Crippen molar-refractivity contribution in [2.75, 3.05) is 31.0 Å². The Morgan fingerprint density at radius 3 is 2.69 bits per heavy atom. The van der Waals surface area contributed by atoms with Gasteiger partial charge in [0.25, 0.3) is 5.91 Å². The molecule has 0 atom stereocenters. The molecule has 0 spiro atoms. The van der Waals surface area contributed by atoms with Gasteiger partial charge in [-0.15, -0.1) is 0 Å². The molecule has 2 N–H and O–H groups in total. The Balaban J connectivity index is 1.51. The molecule has 0 saturated heterocycles. The maximum Gasteiger partial charge on any atom is 0.255 e. The van der Waals surface area contributed by atoms with Crippen molar-refractivity contribution in [2.24, 2.45) is 0 Å². The second-order valence-corrected chi connectivity index (χ2v) is 6.57. The number of amides is 1. The minimum atomic E-state index is -0.247. The highest BCUT2D eigenvalue weighted by Gasteiger charge is 2.14. The maximum absolute atomic E-state index is 12.7. The number of carbonyl (C=O) groups excluding carboxylic acids is 1. The van der Waals surface area contributed by atoms with E-state index in [-0.39, 0.29) is 5.91 Å². The van der Waals surface area contributed by atoms with Crippen LogP contribution in [-0.4, -0.2) is 31.2 Å². The molecule has 1 aromatic heterocycles. The molecule has 0 unspecified atom stereocenters. The molecule has 0 radical (unpaired) electrons. The number of hydrogen-bond donors (Lipinski definition) is 2. The van der Waals surface area contributed by atoms with Gasteiger partial charge >= 0.3 is 0 Å². The Hall–Kier alpha value is -3.74. The van der Waals surface area contributed by atoms with Crippen LogP contribution in [0.4, 0.5) is 17.2 Å². The van der Waals surface area contributed by atoms with Crippen molar-refractivity contribution in [3.05, 3.63) is 65.9 Å². The zero-order valence-corrected chi connectivity index (χ0v) is 16.2. The summed E-state index contributed by atoms with van der Waals surface area (Å²) in [5, 5.41) is 6.09. The van der Waals surface area contributed by atoms with Crippen LogP contribution in [0.5, 0.6) is 17.2 Å². The summed E-state index contributed by atoms with van der Waals surface area (Å²) in [6.07, 6.45) is 1.59. The minimum Gasteiger partial charge on any atom is -0.495 e. The smallest absolute Gasteiger partial charge is 0.255 e. The minimum absolute atomic E-state index is 0.247. The van der Waals surface area contributed by atoms with Crippen molar-refractivity contribution in [3.8, 4) is 17.2 Å². The molecule has 0 aliphatic carbocycles. The summed E-state index contributed by atoms with van der Waals surface area (Å²) in [6, 6.07) is 14.5. The molecule has 7 heteroatoms. The Kier molecular flexibility index (Phi) is 5.20. The van der Waals surface area contributed by atoms with E-state index in [1.807, 2.05) is 25.1 Å². The normalized spacial score (nSPS) is 12.2. The van der Waals surface area contributed by atoms with Crippen molar-refractivity contribution in [1.29, 1.82) is 0 Å². The first kappa shape index (κ1) is 18.6.